The standard InChI is InChI=1S/C11H18ClN3O/c1-9(2)3-4-13-5-6-15-8-10(12)7-14-11(15)16/h7-9,13H,3-6H2,1-2H3. The number of rotatable bonds is 6. The lowest BCUT2D eigenvalue weighted by atomic mass is 10.1. The molecule has 1 aromatic heterocycles. The van der Waals surface area contributed by atoms with Gasteiger partial charge in [-0.1, -0.05) is 25.4 Å². The first-order chi connectivity index (χ1) is 7.59. The molecule has 0 unspecified atom stereocenters. The Kier molecular flexibility index (Phi) is 5.49. The van der Waals surface area contributed by atoms with E-state index in [1.165, 1.54) is 10.8 Å². The van der Waals surface area contributed by atoms with Crippen LogP contribution in [0.25, 0.3) is 0 Å². The van der Waals surface area contributed by atoms with Gasteiger partial charge in [-0.15, -0.1) is 0 Å². The molecule has 0 atom stereocenters. The molecule has 0 radical (unpaired) electrons. The van der Waals surface area contributed by atoms with E-state index in [-0.39, 0.29) is 5.69 Å². The Bertz CT molecular complexity index is 376. The van der Waals surface area contributed by atoms with E-state index in [1.54, 1.807) is 6.20 Å². The molecule has 4 nitrogen and oxygen atoms in total. The molecule has 0 aliphatic carbocycles. The third kappa shape index (κ3) is 4.77. The SMILES string of the molecule is CC(C)CCNCCn1cc(Cl)cnc1=O. The topological polar surface area (TPSA) is 46.9 Å². The molecule has 5 heteroatoms. The van der Waals surface area contributed by atoms with E-state index >= 15 is 0 Å². The molecule has 16 heavy (non-hydrogen) atoms. The van der Waals surface area contributed by atoms with E-state index < -0.39 is 0 Å². The first-order valence-electron chi connectivity index (χ1n) is 5.52. The fourth-order valence-electron chi connectivity index (χ4n) is 1.30. The van der Waals surface area contributed by atoms with E-state index in [1.807, 2.05) is 0 Å². The van der Waals surface area contributed by atoms with Crippen LogP contribution in [-0.4, -0.2) is 22.6 Å². The van der Waals surface area contributed by atoms with Crippen LogP contribution in [0.5, 0.6) is 0 Å². The molecule has 90 valence electrons. The number of hydrogen-bond donors (Lipinski definition) is 1. The Hall–Kier alpha value is -0.870. The molecule has 0 aliphatic rings. The number of halogens is 1. The largest absolute Gasteiger partial charge is 0.347 e. The van der Waals surface area contributed by atoms with Crippen LogP contribution >= 0.6 is 11.6 Å². The summed E-state index contributed by atoms with van der Waals surface area (Å²) in [6, 6.07) is 0. The smallest absolute Gasteiger partial charge is 0.315 e. The van der Waals surface area contributed by atoms with Gasteiger partial charge < -0.3 is 5.32 Å². The zero-order valence-corrected chi connectivity index (χ0v) is 10.5. The number of hydrogen-bond acceptors (Lipinski definition) is 3. The predicted octanol–water partition coefficient (Wildman–Crippen LogP) is 1.53. The molecule has 0 saturated carbocycles. The summed E-state index contributed by atoms with van der Waals surface area (Å²) in [5, 5.41) is 3.77. The van der Waals surface area contributed by atoms with Gasteiger partial charge in [0.25, 0.3) is 0 Å². The van der Waals surface area contributed by atoms with Gasteiger partial charge in [0, 0.05) is 19.3 Å². The van der Waals surface area contributed by atoms with Crippen LogP contribution in [-0.2, 0) is 6.54 Å². The van der Waals surface area contributed by atoms with Crippen molar-refractivity contribution < 1.29 is 0 Å². The second-order valence-electron chi connectivity index (χ2n) is 4.18. The zero-order valence-electron chi connectivity index (χ0n) is 9.74. The molecule has 1 aromatic rings. The summed E-state index contributed by atoms with van der Waals surface area (Å²) in [5.74, 6) is 0.697. The summed E-state index contributed by atoms with van der Waals surface area (Å²) in [5.41, 5.74) is -0.255. The van der Waals surface area contributed by atoms with Gasteiger partial charge in [0.1, 0.15) is 0 Å². The van der Waals surface area contributed by atoms with Crippen LogP contribution in [0.2, 0.25) is 5.02 Å². The molecule has 0 amide bonds. The fraction of sp³-hybridized carbons (Fsp3) is 0.636. The maximum absolute atomic E-state index is 11.3. The lowest BCUT2D eigenvalue weighted by Gasteiger charge is -2.08. The third-order valence-electron chi connectivity index (χ3n) is 2.25. The van der Waals surface area contributed by atoms with Gasteiger partial charge in [0.2, 0.25) is 0 Å². The minimum Gasteiger partial charge on any atom is -0.315 e. The highest BCUT2D eigenvalue weighted by Crippen LogP contribution is 2.00. The second kappa shape index (κ2) is 6.66. The predicted molar refractivity (Wildman–Crippen MR) is 65.8 cm³/mol. The fourth-order valence-corrected chi connectivity index (χ4v) is 1.47. The van der Waals surface area contributed by atoms with Crippen LogP contribution in [0, 0.1) is 5.92 Å². The van der Waals surface area contributed by atoms with E-state index in [0.717, 1.165) is 19.5 Å². The Labute approximate surface area is 101 Å². The molecule has 0 bridgehead atoms. The van der Waals surface area contributed by atoms with Gasteiger partial charge in [-0.05, 0) is 18.9 Å². The first-order valence-corrected chi connectivity index (χ1v) is 5.90. The van der Waals surface area contributed by atoms with E-state index in [2.05, 4.69) is 24.1 Å². The number of nitrogens with one attached hydrogen (secondary N) is 1. The minimum absolute atomic E-state index is 0.255. The molecule has 1 N–H and O–H groups in total. The summed E-state index contributed by atoms with van der Waals surface area (Å²) in [7, 11) is 0. The van der Waals surface area contributed by atoms with Crippen molar-refractivity contribution in [2.24, 2.45) is 5.92 Å². The third-order valence-corrected chi connectivity index (χ3v) is 2.45. The van der Waals surface area contributed by atoms with Crippen LogP contribution < -0.4 is 11.0 Å². The molecule has 0 fully saturated rings. The average molecular weight is 244 g/mol. The Morgan fingerprint density at radius 1 is 1.50 bits per heavy atom. The Balaban J connectivity index is 2.32. The van der Waals surface area contributed by atoms with Crippen LogP contribution in [0.3, 0.4) is 0 Å². The van der Waals surface area contributed by atoms with Gasteiger partial charge >= 0.3 is 5.69 Å². The van der Waals surface area contributed by atoms with Crippen molar-refractivity contribution in [3.63, 3.8) is 0 Å². The second-order valence-corrected chi connectivity index (χ2v) is 4.62. The summed E-state index contributed by atoms with van der Waals surface area (Å²) in [6.45, 7) is 6.71. The molecule has 1 heterocycles. The maximum atomic E-state index is 11.3. The molecule has 0 spiro atoms. The zero-order chi connectivity index (χ0) is 12.0. The lowest BCUT2D eigenvalue weighted by Crippen LogP contribution is -2.28. The van der Waals surface area contributed by atoms with Crippen molar-refractivity contribution in [1.82, 2.24) is 14.9 Å². The van der Waals surface area contributed by atoms with Gasteiger partial charge in [0.05, 0.1) is 11.2 Å². The number of nitrogens with zero attached hydrogens (tertiary/aromatic N) is 2. The van der Waals surface area contributed by atoms with Crippen LogP contribution in [0.1, 0.15) is 20.3 Å². The van der Waals surface area contributed by atoms with Crippen LogP contribution in [0.15, 0.2) is 17.2 Å². The molecule has 1 rings (SSSR count). The van der Waals surface area contributed by atoms with Crippen molar-refractivity contribution in [3.05, 3.63) is 27.9 Å². The monoisotopic (exact) mass is 243 g/mol. The molecular formula is C11H18ClN3O. The summed E-state index contributed by atoms with van der Waals surface area (Å²) < 4.78 is 1.52. The highest BCUT2D eigenvalue weighted by Gasteiger charge is 1.98. The van der Waals surface area contributed by atoms with Crippen molar-refractivity contribution in [1.29, 1.82) is 0 Å². The van der Waals surface area contributed by atoms with Crippen molar-refractivity contribution in [2.45, 2.75) is 26.8 Å². The summed E-state index contributed by atoms with van der Waals surface area (Å²) >= 11 is 5.76. The normalized spacial score (nSPS) is 11.0. The van der Waals surface area contributed by atoms with Crippen molar-refractivity contribution in [2.75, 3.05) is 13.1 Å². The molecule has 0 aliphatic heterocycles. The van der Waals surface area contributed by atoms with Gasteiger partial charge in [0.15, 0.2) is 0 Å². The van der Waals surface area contributed by atoms with Crippen molar-refractivity contribution >= 4 is 11.6 Å². The van der Waals surface area contributed by atoms with E-state index in [0.29, 0.717) is 17.5 Å². The first kappa shape index (κ1) is 13.2. The summed E-state index contributed by atoms with van der Waals surface area (Å²) in [6.07, 6.45) is 4.12. The quantitative estimate of drug-likeness (QED) is 0.771. The van der Waals surface area contributed by atoms with Crippen molar-refractivity contribution in [3.8, 4) is 0 Å². The summed E-state index contributed by atoms with van der Waals surface area (Å²) in [4.78, 5) is 15.0. The van der Waals surface area contributed by atoms with Crippen LogP contribution in [0.4, 0.5) is 0 Å². The van der Waals surface area contributed by atoms with Gasteiger partial charge in [-0.3, -0.25) is 4.57 Å². The van der Waals surface area contributed by atoms with E-state index in [9.17, 15) is 4.79 Å². The molecule has 0 saturated heterocycles. The highest BCUT2D eigenvalue weighted by atomic mass is 35.5. The molecule has 0 aromatic carbocycles. The Morgan fingerprint density at radius 2 is 2.25 bits per heavy atom. The van der Waals surface area contributed by atoms with Gasteiger partial charge in [-0.2, -0.15) is 0 Å². The highest BCUT2D eigenvalue weighted by molar-refractivity contribution is 6.30. The lowest BCUT2D eigenvalue weighted by molar-refractivity contribution is 0.513. The minimum atomic E-state index is -0.255. The maximum Gasteiger partial charge on any atom is 0.347 e. The average Bonchev–Trinajstić information content (AvgIpc) is 2.22. The van der Waals surface area contributed by atoms with Gasteiger partial charge in [-0.25, -0.2) is 9.78 Å². The van der Waals surface area contributed by atoms with E-state index in [4.69, 9.17) is 11.6 Å². The Morgan fingerprint density at radius 3 is 2.94 bits per heavy atom. The molecular weight excluding hydrogens is 226 g/mol. The number of aromatic nitrogens is 2.